The zero-order chi connectivity index (χ0) is 12.1. The highest BCUT2D eigenvalue weighted by Crippen LogP contribution is 2.25. The van der Waals surface area contributed by atoms with Gasteiger partial charge in [0.05, 0.1) is 12.0 Å². The van der Waals surface area contributed by atoms with Crippen LogP contribution >= 0.6 is 0 Å². The van der Waals surface area contributed by atoms with Gasteiger partial charge in [0.1, 0.15) is 0 Å². The number of hydrogen-bond acceptors (Lipinski definition) is 2. The van der Waals surface area contributed by atoms with Crippen molar-refractivity contribution in [2.24, 2.45) is 5.92 Å². The van der Waals surface area contributed by atoms with E-state index in [1.807, 2.05) is 6.07 Å². The second-order valence-electron chi connectivity index (χ2n) is 4.99. The standard InChI is InChI=1S/C15H20N2/c1-12(13-6-3-2-4-7-13)11-17-15-9-5-8-14(15)10-16/h2-4,6-7,12,14-15,17H,5,8-9,11H2,1H3. The maximum Gasteiger partial charge on any atom is 0.0672 e. The number of hydrogen-bond donors (Lipinski definition) is 1. The molecule has 1 aromatic rings. The third kappa shape index (κ3) is 3.08. The minimum absolute atomic E-state index is 0.220. The number of benzene rings is 1. The Hall–Kier alpha value is -1.33. The fraction of sp³-hybridized carbons (Fsp3) is 0.533. The molecular weight excluding hydrogens is 208 g/mol. The fourth-order valence-corrected chi connectivity index (χ4v) is 2.59. The largest absolute Gasteiger partial charge is 0.312 e. The van der Waals surface area contributed by atoms with Crippen molar-refractivity contribution in [2.75, 3.05) is 6.54 Å². The second kappa shape index (κ2) is 5.84. The van der Waals surface area contributed by atoms with E-state index < -0.39 is 0 Å². The highest BCUT2D eigenvalue weighted by atomic mass is 14.9. The highest BCUT2D eigenvalue weighted by Gasteiger charge is 2.26. The molecule has 1 N–H and O–H groups in total. The topological polar surface area (TPSA) is 35.8 Å². The average Bonchev–Trinajstić information content (AvgIpc) is 2.84. The minimum Gasteiger partial charge on any atom is -0.312 e. The average molecular weight is 228 g/mol. The first-order valence-corrected chi connectivity index (χ1v) is 6.49. The van der Waals surface area contributed by atoms with E-state index in [1.54, 1.807) is 0 Å². The van der Waals surface area contributed by atoms with Gasteiger partial charge in [-0.15, -0.1) is 0 Å². The van der Waals surface area contributed by atoms with Gasteiger partial charge in [-0.25, -0.2) is 0 Å². The molecule has 17 heavy (non-hydrogen) atoms. The second-order valence-corrected chi connectivity index (χ2v) is 4.99. The van der Waals surface area contributed by atoms with Gasteiger partial charge in [0.2, 0.25) is 0 Å². The van der Waals surface area contributed by atoms with Crippen LogP contribution in [0.25, 0.3) is 0 Å². The molecule has 1 aromatic carbocycles. The third-order valence-electron chi connectivity index (χ3n) is 3.74. The Morgan fingerprint density at radius 2 is 2.12 bits per heavy atom. The Morgan fingerprint density at radius 3 is 2.82 bits per heavy atom. The van der Waals surface area contributed by atoms with Crippen molar-refractivity contribution in [1.82, 2.24) is 5.32 Å². The molecule has 3 atom stereocenters. The van der Waals surface area contributed by atoms with Crippen molar-refractivity contribution in [3.63, 3.8) is 0 Å². The van der Waals surface area contributed by atoms with Gasteiger partial charge in [0.15, 0.2) is 0 Å². The van der Waals surface area contributed by atoms with E-state index in [4.69, 9.17) is 5.26 Å². The summed E-state index contributed by atoms with van der Waals surface area (Å²) in [6.07, 6.45) is 3.41. The van der Waals surface area contributed by atoms with E-state index >= 15 is 0 Å². The van der Waals surface area contributed by atoms with E-state index in [-0.39, 0.29) is 5.92 Å². The molecule has 0 saturated heterocycles. The lowest BCUT2D eigenvalue weighted by molar-refractivity contribution is 0.450. The lowest BCUT2D eigenvalue weighted by Gasteiger charge is -2.19. The SMILES string of the molecule is CC(CNC1CCCC1C#N)c1ccccc1. The Balaban J connectivity index is 1.84. The summed E-state index contributed by atoms with van der Waals surface area (Å²) < 4.78 is 0. The molecular formula is C15H20N2. The Morgan fingerprint density at radius 1 is 1.35 bits per heavy atom. The first-order chi connectivity index (χ1) is 8.31. The lowest BCUT2D eigenvalue weighted by Crippen LogP contribution is -2.34. The van der Waals surface area contributed by atoms with Crippen LogP contribution in [0.4, 0.5) is 0 Å². The molecule has 1 aliphatic rings. The smallest absolute Gasteiger partial charge is 0.0672 e. The van der Waals surface area contributed by atoms with Crippen LogP contribution in [0, 0.1) is 17.2 Å². The van der Waals surface area contributed by atoms with Crippen molar-refractivity contribution < 1.29 is 0 Å². The third-order valence-corrected chi connectivity index (χ3v) is 3.74. The van der Waals surface area contributed by atoms with Crippen LogP contribution in [-0.2, 0) is 0 Å². The quantitative estimate of drug-likeness (QED) is 0.859. The lowest BCUT2D eigenvalue weighted by atomic mass is 9.99. The number of nitriles is 1. The van der Waals surface area contributed by atoms with Crippen LogP contribution in [0.2, 0.25) is 0 Å². The van der Waals surface area contributed by atoms with Crippen LogP contribution in [0.5, 0.6) is 0 Å². The number of nitrogens with zero attached hydrogens (tertiary/aromatic N) is 1. The predicted octanol–water partition coefficient (Wildman–Crippen LogP) is 3.07. The van der Waals surface area contributed by atoms with Gasteiger partial charge >= 0.3 is 0 Å². The van der Waals surface area contributed by atoms with Crippen molar-refractivity contribution in [3.8, 4) is 6.07 Å². The van der Waals surface area contributed by atoms with Crippen molar-refractivity contribution in [2.45, 2.75) is 38.1 Å². The maximum atomic E-state index is 9.03. The van der Waals surface area contributed by atoms with Gasteiger partial charge in [-0.05, 0) is 24.3 Å². The van der Waals surface area contributed by atoms with Gasteiger partial charge in [-0.3, -0.25) is 0 Å². The molecule has 0 spiro atoms. The minimum atomic E-state index is 0.220. The maximum absolute atomic E-state index is 9.03. The van der Waals surface area contributed by atoms with E-state index in [0.29, 0.717) is 12.0 Å². The predicted molar refractivity (Wildman–Crippen MR) is 69.6 cm³/mol. The van der Waals surface area contributed by atoms with Crippen LogP contribution in [0.1, 0.15) is 37.7 Å². The molecule has 2 nitrogen and oxygen atoms in total. The first-order valence-electron chi connectivity index (χ1n) is 6.49. The Bertz CT molecular complexity index is 380. The summed E-state index contributed by atoms with van der Waals surface area (Å²) in [5, 5.41) is 12.6. The molecule has 0 radical (unpaired) electrons. The molecule has 90 valence electrons. The molecule has 1 fully saturated rings. The van der Waals surface area contributed by atoms with Crippen LogP contribution in [-0.4, -0.2) is 12.6 Å². The van der Waals surface area contributed by atoms with Crippen LogP contribution < -0.4 is 5.32 Å². The molecule has 3 unspecified atom stereocenters. The fourth-order valence-electron chi connectivity index (χ4n) is 2.59. The van der Waals surface area contributed by atoms with Crippen molar-refractivity contribution in [1.29, 1.82) is 5.26 Å². The van der Waals surface area contributed by atoms with Gasteiger partial charge < -0.3 is 5.32 Å². The molecule has 1 saturated carbocycles. The molecule has 2 heteroatoms. The van der Waals surface area contributed by atoms with Gasteiger partial charge in [0.25, 0.3) is 0 Å². The summed E-state index contributed by atoms with van der Waals surface area (Å²) in [6.45, 7) is 3.20. The highest BCUT2D eigenvalue weighted by molar-refractivity contribution is 5.19. The summed E-state index contributed by atoms with van der Waals surface area (Å²) >= 11 is 0. The molecule has 0 heterocycles. The van der Waals surface area contributed by atoms with Crippen LogP contribution in [0.15, 0.2) is 30.3 Å². The molecule has 0 aromatic heterocycles. The van der Waals surface area contributed by atoms with E-state index in [0.717, 1.165) is 19.4 Å². The first kappa shape index (κ1) is 12.1. The van der Waals surface area contributed by atoms with Crippen molar-refractivity contribution >= 4 is 0 Å². The molecule has 0 amide bonds. The summed E-state index contributed by atoms with van der Waals surface area (Å²) in [5.41, 5.74) is 1.37. The van der Waals surface area contributed by atoms with E-state index in [2.05, 4.69) is 42.6 Å². The normalized spacial score (nSPS) is 25.4. The zero-order valence-corrected chi connectivity index (χ0v) is 10.4. The van der Waals surface area contributed by atoms with Crippen molar-refractivity contribution in [3.05, 3.63) is 35.9 Å². The molecule has 2 rings (SSSR count). The molecule has 1 aliphatic carbocycles. The summed E-state index contributed by atoms with van der Waals surface area (Å²) in [7, 11) is 0. The molecule has 0 aliphatic heterocycles. The molecule has 0 bridgehead atoms. The van der Waals surface area contributed by atoms with Gasteiger partial charge in [-0.2, -0.15) is 5.26 Å². The van der Waals surface area contributed by atoms with Gasteiger partial charge in [0, 0.05) is 12.6 Å². The zero-order valence-electron chi connectivity index (χ0n) is 10.4. The number of nitrogens with one attached hydrogen (secondary N) is 1. The summed E-state index contributed by atoms with van der Waals surface area (Å²) in [6, 6.07) is 13.4. The Kier molecular flexibility index (Phi) is 4.17. The monoisotopic (exact) mass is 228 g/mol. The van der Waals surface area contributed by atoms with E-state index in [1.165, 1.54) is 12.0 Å². The number of rotatable bonds is 4. The van der Waals surface area contributed by atoms with Crippen LogP contribution in [0.3, 0.4) is 0 Å². The summed E-state index contributed by atoms with van der Waals surface area (Å²) in [4.78, 5) is 0. The Labute approximate surface area is 104 Å². The summed E-state index contributed by atoms with van der Waals surface area (Å²) in [5.74, 6) is 0.731. The van der Waals surface area contributed by atoms with E-state index in [9.17, 15) is 0 Å². The van der Waals surface area contributed by atoms with Gasteiger partial charge in [-0.1, -0.05) is 43.7 Å².